The van der Waals surface area contributed by atoms with Gasteiger partial charge in [-0.15, -0.1) is 0 Å². The summed E-state index contributed by atoms with van der Waals surface area (Å²) < 4.78 is 13.0. The van der Waals surface area contributed by atoms with Crippen molar-refractivity contribution < 1.29 is 4.57 Å². The van der Waals surface area contributed by atoms with Gasteiger partial charge in [0, 0.05) is 16.9 Å². The molecule has 1 rings (SSSR count). The van der Waals surface area contributed by atoms with Gasteiger partial charge >= 0.3 is 0 Å². The van der Waals surface area contributed by atoms with Crippen molar-refractivity contribution in [2.24, 2.45) is 0 Å². The summed E-state index contributed by atoms with van der Waals surface area (Å²) in [5.41, 5.74) is -0.201. The minimum Gasteiger partial charge on any atom is -0.284 e. The summed E-state index contributed by atoms with van der Waals surface area (Å²) >= 11 is 0. The van der Waals surface area contributed by atoms with Crippen molar-refractivity contribution in [3.05, 3.63) is 30.3 Å². The lowest BCUT2D eigenvalue weighted by Crippen LogP contribution is -2.42. The molecule has 0 radical (unpaired) electrons. The first kappa shape index (κ1) is 14.4. The van der Waals surface area contributed by atoms with E-state index in [2.05, 4.69) is 10.2 Å². The first-order valence-corrected chi connectivity index (χ1v) is 7.66. The minimum atomic E-state index is -2.75. The molecule has 17 heavy (non-hydrogen) atoms. The second kappa shape index (κ2) is 5.34. The van der Waals surface area contributed by atoms with E-state index in [4.69, 9.17) is 0 Å². The number of rotatable bonds is 4. The Kier molecular flexibility index (Phi) is 4.54. The summed E-state index contributed by atoms with van der Waals surface area (Å²) in [5, 5.41) is 7.22. The molecule has 4 heteroatoms. The molecule has 1 atom stereocenters. The van der Waals surface area contributed by atoms with E-state index in [1.165, 1.54) is 0 Å². The molecule has 1 unspecified atom stereocenters. The summed E-state index contributed by atoms with van der Waals surface area (Å²) in [7, 11) is -2.75. The fourth-order valence-electron chi connectivity index (χ4n) is 1.65. The molecule has 96 valence electrons. The topological polar surface area (TPSA) is 41.1 Å². The van der Waals surface area contributed by atoms with E-state index in [0.29, 0.717) is 0 Å². The summed E-state index contributed by atoms with van der Waals surface area (Å²) in [6.45, 7) is 10.1. The first-order valence-electron chi connectivity index (χ1n) is 5.96. The zero-order valence-corrected chi connectivity index (χ0v) is 12.2. The summed E-state index contributed by atoms with van der Waals surface area (Å²) in [6, 6.07) is 9.71. The number of hydrogen-bond donors (Lipinski definition) is 2. The maximum absolute atomic E-state index is 13.0. The van der Waals surface area contributed by atoms with Crippen LogP contribution in [0.15, 0.2) is 30.3 Å². The van der Waals surface area contributed by atoms with Crippen LogP contribution < -0.4 is 15.5 Å². The number of nitrogens with one attached hydrogen (secondary N) is 2. The second-order valence-corrected chi connectivity index (χ2v) is 7.81. The first-order chi connectivity index (χ1) is 7.73. The van der Waals surface area contributed by atoms with Crippen molar-refractivity contribution in [2.45, 2.75) is 46.2 Å². The number of hydrogen-bond acceptors (Lipinski definition) is 1. The molecule has 0 aliphatic heterocycles. The Balaban J connectivity index is 3.07. The van der Waals surface area contributed by atoms with Crippen molar-refractivity contribution >= 4 is 12.7 Å². The molecular formula is C13H23N2OP. The molecule has 1 aromatic rings. The Hall–Kier alpha value is -0.630. The van der Waals surface area contributed by atoms with Gasteiger partial charge in [-0.3, -0.25) is 4.57 Å². The standard InChI is InChI=1S/C13H23N2OP/c1-11(2)14-17(16,15-13(3,4)5)12-9-7-6-8-10-12/h6-11H,1-5H3,(H2,14,15,16). The molecule has 3 nitrogen and oxygen atoms in total. The van der Waals surface area contributed by atoms with Gasteiger partial charge in [-0.2, -0.15) is 0 Å². The molecule has 0 aliphatic rings. The Morgan fingerprint density at radius 3 is 2.06 bits per heavy atom. The Bertz CT molecular complexity index is 396. The van der Waals surface area contributed by atoms with Crippen molar-refractivity contribution in [3.8, 4) is 0 Å². The summed E-state index contributed by atoms with van der Waals surface area (Å²) in [5.74, 6) is 0. The second-order valence-electron chi connectivity index (χ2n) is 5.59. The average Bonchev–Trinajstić information content (AvgIpc) is 2.14. The normalized spacial score (nSPS) is 15.9. The Morgan fingerprint density at radius 2 is 1.65 bits per heavy atom. The third-order valence-corrected chi connectivity index (χ3v) is 4.94. The van der Waals surface area contributed by atoms with Crippen molar-refractivity contribution in [3.63, 3.8) is 0 Å². The average molecular weight is 254 g/mol. The maximum Gasteiger partial charge on any atom is 0.241 e. The highest BCUT2D eigenvalue weighted by atomic mass is 31.2. The van der Waals surface area contributed by atoms with E-state index in [-0.39, 0.29) is 11.6 Å². The molecule has 0 aromatic heterocycles. The maximum atomic E-state index is 13.0. The van der Waals surface area contributed by atoms with Crippen LogP contribution in [0.5, 0.6) is 0 Å². The zero-order valence-electron chi connectivity index (χ0n) is 11.3. The third-order valence-electron chi connectivity index (χ3n) is 2.05. The van der Waals surface area contributed by atoms with Gasteiger partial charge in [-0.25, -0.2) is 10.2 Å². The van der Waals surface area contributed by atoms with Crippen LogP contribution in [0.25, 0.3) is 0 Å². The highest BCUT2D eigenvalue weighted by molar-refractivity contribution is 7.67. The van der Waals surface area contributed by atoms with Crippen molar-refractivity contribution in [1.29, 1.82) is 0 Å². The van der Waals surface area contributed by atoms with Crippen molar-refractivity contribution in [1.82, 2.24) is 10.2 Å². The lowest BCUT2D eigenvalue weighted by atomic mass is 10.1. The van der Waals surface area contributed by atoms with Crippen LogP contribution in [-0.4, -0.2) is 11.6 Å². The molecule has 0 aliphatic carbocycles. The highest BCUT2D eigenvalue weighted by Crippen LogP contribution is 2.38. The predicted octanol–water partition coefficient (Wildman–Crippen LogP) is 2.89. The highest BCUT2D eigenvalue weighted by Gasteiger charge is 2.29. The molecule has 0 saturated heterocycles. The van der Waals surface area contributed by atoms with E-state index in [1.807, 2.05) is 65.0 Å². The van der Waals surface area contributed by atoms with Gasteiger partial charge < -0.3 is 0 Å². The third kappa shape index (κ3) is 4.63. The summed E-state index contributed by atoms with van der Waals surface area (Å²) in [4.78, 5) is 0. The van der Waals surface area contributed by atoms with Gasteiger partial charge in [0.25, 0.3) is 0 Å². The van der Waals surface area contributed by atoms with E-state index < -0.39 is 7.44 Å². The molecule has 0 saturated carbocycles. The fraction of sp³-hybridized carbons (Fsp3) is 0.538. The lowest BCUT2D eigenvalue weighted by Gasteiger charge is -2.30. The molecule has 1 aromatic carbocycles. The minimum absolute atomic E-state index is 0.163. The molecule has 0 heterocycles. The van der Waals surface area contributed by atoms with Crippen LogP contribution in [0.3, 0.4) is 0 Å². The van der Waals surface area contributed by atoms with Crippen molar-refractivity contribution in [2.75, 3.05) is 0 Å². The predicted molar refractivity (Wildman–Crippen MR) is 74.8 cm³/mol. The monoisotopic (exact) mass is 254 g/mol. The quantitative estimate of drug-likeness (QED) is 0.812. The molecule has 0 amide bonds. The van der Waals surface area contributed by atoms with Crippen LogP contribution in [-0.2, 0) is 4.57 Å². The van der Waals surface area contributed by atoms with Gasteiger partial charge in [0.15, 0.2) is 0 Å². The SMILES string of the molecule is CC(C)NP(=O)(NC(C)(C)C)c1ccccc1. The van der Waals surface area contributed by atoms with E-state index in [0.717, 1.165) is 5.30 Å². The van der Waals surface area contributed by atoms with Crippen LogP contribution in [0.4, 0.5) is 0 Å². The zero-order chi connectivity index (χ0) is 13.1. The van der Waals surface area contributed by atoms with Gasteiger partial charge in [0.2, 0.25) is 7.44 Å². The molecule has 0 spiro atoms. The Labute approximate surface area is 104 Å². The smallest absolute Gasteiger partial charge is 0.241 e. The van der Waals surface area contributed by atoms with Crippen LogP contribution >= 0.6 is 7.44 Å². The van der Waals surface area contributed by atoms with Gasteiger partial charge in [0.05, 0.1) is 0 Å². The number of benzene rings is 1. The van der Waals surface area contributed by atoms with Crippen LogP contribution in [0.2, 0.25) is 0 Å². The molecule has 2 N–H and O–H groups in total. The summed E-state index contributed by atoms with van der Waals surface area (Å²) in [6.07, 6.45) is 0. The lowest BCUT2D eigenvalue weighted by molar-refractivity contribution is 0.483. The fourth-order valence-corrected chi connectivity index (χ4v) is 4.25. The van der Waals surface area contributed by atoms with Gasteiger partial charge in [-0.05, 0) is 46.8 Å². The molecular weight excluding hydrogens is 231 g/mol. The van der Waals surface area contributed by atoms with E-state index >= 15 is 0 Å². The largest absolute Gasteiger partial charge is 0.284 e. The van der Waals surface area contributed by atoms with Crippen LogP contribution in [0, 0.1) is 0 Å². The molecule has 0 bridgehead atoms. The van der Waals surface area contributed by atoms with Gasteiger partial charge in [0.1, 0.15) is 0 Å². The molecule has 0 fully saturated rings. The van der Waals surface area contributed by atoms with E-state index in [9.17, 15) is 4.57 Å². The van der Waals surface area contributed by atoms with E-state index in [1.54, 1.807) is 0 Å². The van der Waals surface area contributed by atoms with Crippen LogP contribution in [0.1, 0.15) is 34.6 Å². The van der Waals surface area contributed by atoms with Gasteiger partial charge in [-0.1, -0.05) is 18.2 Å². The Morgan fingerprint density at radius 1 is 1.12 bits per heavy atom.